The predicted molar refractivity (Wildman–Crippen MR) is 54.1 cm³/mol. The first-order chi connectivity index (χ1) is 7.47. The number of hydrogen-bond donors (Lipinski definition) is 3. The minimum absolute atomic E-state index is 0.145. The van der Waals surface area contributed by atoms with Crippen molar-refractivity contribution in [3.05, 3.63) is 33.9 Å². The molecule has 0 radical (unpaired) electrons. The molecular formula is C9H9N3O4. The highest BCUT2D eigenvalue weighted by Gasteiger charge is 2.26. The van der Waals surface area contributed by atoms with Gasteiger partial charge in [-0.1, -0.05) is 0 Å². The minimum Gasteiger partial charge on any atom is -0.399 e. The number of nitrogen functional groups attached to an aromatic ring is 1. The van der Waals surface area contributed by atoms with Gasteiger partial charge in [0.05, 0.1) is 16.6 Å². The number of nitrogens with zero attached hydrogens (tertiary/aromatic N) is 2. The van der Waals surface area contributed by atoms with Gasteiger partial charge in [-0.2, -0.15) is 5.26 Å². The molecule has 0 amide bonds. The normalized spacial score (nSPS) is 13.8. The molecule has 7 heteroatoms. The van der Waals surface area contributed by atoms with Crippen LogP contribution in [-0.4, -0.2) is 21.2 Å². The number of hydrogen-bond acceptors (Lipinski definition) is 6. The van der Waals surface area contributed by atoms with Crippen molar-refractivity contribution in [2.75, 3.05) is 5.73 Å². The van der Waals surface area contributed by atoms with Crippen molar-refractivity contribution in [2.24, 2.45) is 0 Å². The average molecular weight is 223 g/mol. The molecule has 0 saturated carbocycles. The number of nitriles is 1. The number of rotatable bonds is 3. The molecular weight excluding hydrogens is 214 g/mol. The number of nitro benzene ring substituents is 1. The fourth-order valence-corrected chi connectivity index (χ4v) is 1.21. The Morgan fingerprint density at radius 3 is 2.62 bits per heavy atom. The van der Waals surface area contributed by atoms with Crippen molar-refractivity contribution < 1.29 is 15.1 Å². The van der Waals surface area contributed by atoms with Gasteiger partial charge in [0.25, 0.3) is 5.69 Å². The Labute approximate surface area is 90.5 Å². The second-order valence-corrected chi connectivity index (χ2v) is 3.09. The van der Waals surface area contributed by atoms with Gasteiger partial charge in [0.1, 0.15) is 6.10 Å². The van der Waals surface area contributed by atoms with Crippen molar-refractivity contribution >= 4 is 11.4 Å². The highest BCUT2D eigenvalue weighted by Crippen LogP contribution is 2.28. The molecule has 4 N–H and O–H groups in total. The van der Waals surface area contributed by atoms with Crippen LogP contribution in [0.5, 0.6) is 0 Å². The van der Waals surface area contributed by atoms with Crippen LogP contribution in [0.4, 0.5) is 11.4 Å². The van der Waals surface area contributed by atoms with Crippen molar-refractivity contribution in [2.45, 2.75) is 12.2 Å². The number of aliphatic hydroxyl groups is 2. The number of anilines is 1. The Hall–Kier alpha value is -2.17. The van der Waals surface area contributed by atoms with Crippen LogP contribution in [0.25, 0.3) is 0 Å². The Balaban J connectivity index is 3.23. The smallest absolute Gasteiger partial charge is 0.277 e. The highest BCUT2D eigenvalue weighted by atomic mass is 16.6. The molecule has 0 spiro atoms. The third-order valence-electron chi connectivity index (χ3n) is 2.00. The zero-order valence-electron chi connectivity index (χ0n) is 8.07. The summed E-state index contributed by atoms with van der Waals surface area (Å²) in [6.45, 7) is 0. The van der Waals surface area contributed by atoms with Crippen LogP contribution in [-0.2, 0) is 0 Å². The van der Waals surface area contributed by atoms with E-state index in [9.17, 15) is 15.2 Å². The van der Waals surface area contributed by atoms with Crippen molar-refractivity contribution in [3.63, 3.8) is 0 Å². The topological polar surface area (TPSA) is 133 Å². The van der Waals surface area contributed by atoms with E-state index in [1.807, 2.05) is 0 Å². The number of nitro groups is 1. The Kier molecular flexibility index (Phi) is 3.40. The third kappa shape index (κ3) is 2.25. The second kappa shape index (κ2) is 4.57. The van der Waals surface area contributed by atoms with Crippen LogP contribution >= 0.6 is 0 Å². The van der Waals surface area contributed by atoms with Crippen LogP contribution in [0.2, 0.25) is 0 Å². The molecule has 0 saturated heterocycles. The summed E-state index contributed by atoms with van der Waals surface area (Å²) in [6, 6.07) is 5.00. The zero-order chi connectivity index (χ0) is 12.3. The molecule has 0 aliphatic rings. The molecule has 0 bridgehead atoms. The summed E-state index contributed by atoms with van der Waals surface area (Å²) < 4.78 is 0. The first kappa shape index (κ1) is 11.9. The Morgan fingerprint density at radius 2 is 2.12 bits per heavy atom. The Bertz CT molecular complexity index is 455. The van der Waals surface area contributed by atoms with Crippen molar-refractivity contribution in [3.8, 4) is 6.07 Å². The summed E-state index contributed by atoms with van der Waals surface area (Å²) in [5, 5.41) is 37.6. The molecule has 1 aromatic carbocycles. The van der Waals surface area contributed by atoms with E-state index >= 15 is 0 Å². The molecule has 0 aromatic heterocycles. The molecule has 1 aromatic rings. The van der Waals surface area contributed by atoms with Gasteiger partial charge in [0.2, 0.25) is 0 Å². The summed E-state index contributed by atoms with van der Waals surface area (Å²) in [7, 11) is 0. The molecule has 2 atom stereocenters. The summed E-state index contributed by atoms with van der Waals surface area (Å²) in [6.07, 6.45) is -3.35. The lowest BCUT2D eigenvalue weighted by Crippen LogP contribution is -2.17. The van der Waals surface area contributed by atoms with Gasteiger partial charge in [0, 0.05) is 11.8 Å². The predicted octanol–water partition coefficient (Wildman–Crippen LogP) is 0.0949. The number of aliphatic hydroxyl groups excluding tert-OH is 2. The third-order valence-corrected chi connectivity index (χ3v) is 2.00. The first-order valence-corrected chi connectivity index (χ1v) is 4.27. The quantitative estimate of drug-likeness (QED) is 0.288. The van der Waals surface area contributed by atoms with Gasteiger partial charge in [0.15, 0.2) is 6.10 Å². The fourth-order valence-electron chi connectivity index (χ4n) is 1.21. The average Bonchev–Trinajstić information content (AvgIpc) is 2.26. The van der Waals surface area contributed by atoms with Crippen molar-refractivity contribution in [1.82, 2.24) is 0 Å². The summed E-state index contributed by atoms with van der Waals surface area (Å²) in [5.41, 5.74) is 4.95. The largest absolute Gasteiger partial charge is 0.399 e. The zero-order valence-corrected chi connectivity index (χ0v) is 8.07. The van der Waals surface area contributed by atoms with Gasteiger partial charge in [-0.25, -0.2) is 0 Å². The lowest BCUT2D eigenvalue weighted by atomic mass is 10.0. The van der Waals surface area contributed by atoms with Crippen LogP contribution in [0.1, 0.15) is 11.7 Å². The molecule has 0 aliphatic carbocycles. The monoisotopic (exact) mass is 223 g/mol. The lowest BCUT2D eigenvalue weighted by molar-refractivity contribution is -0.386. The van der Waals surface area contributed by atoms with E-state index in [0.29, 0.717) is 0 Å². The molecule has 16 heavy (non-hydrogen) atoms. The highest BCUT2D eigenvalue weighted by molar-refractivity contribution is 5.53. The Morgan fingerprint density at radius 1 is 1.50 bits per heavy atom. The van der Waals surface area contributed by atoms with E-state index in [1.54, 1.807) is 0 Å². The van der Waals surface area contributed by atoms with Crippen LogP contribution in [0.3, 0.4) is 0 Å². The molecule has 84 valence electrons. The van der Waals surface area contributed by atoms with Gasteiger partial charge < -0.3 is 15.9 Å². The molecule has 0 heterocycles. The van der Waals surface area contributed by atoms with E-state index in [2.05, 4.69) is 0 Å². The summed E-state index contributed by atoms with van der Waals surface area (Å²) in [4.78, 5) is 9.93. The van der Waals surface area contributed by atoms with E-state index in [1.165, 1.54) is 18.2 Å². The van der Waals surface area contributed by atoms with Crippen LogP contribution in [0, 0.1) is 21.4 Å². The minimum atomic E-state index is -1.72. The van der Waals surface area contributed by atoms with Crippen LogP contribution < -0.4 is 5.73 Å². The van der Waals surface area contributed by atoms with E-state index in [0.717, 1.165) is 6.07 Å². The van der Waals surface area contributed by atoms with Gasteiger partial charge >= 0.3 is 0 Å². The van der Waals surface area contributed by atoms with E-state index in [4.69, 9.17) is 16.1 Å². The molecule has 2 unspecified atom stereocenters. The van der Waals surface area contributed by atoms with Gasteiger partial charge in [-0.15, -0.1) is 0 Å². The van der Waals surface area contributed by atoms with Crippen LogP contribution in [0.15, 0.2) is 18.2 Å². The van der Waals surface area contributed by atoms with E-state index in [-0.39, 0.29) is 11.3 Å². The molecule has 0 fully saturated rings. The van der Waals surface area contributed by atoms with Gasteiger partial charge in [-0.3, -0.25) is 10.1 Å². The summed E-state index contributed by atoms with van der Waals surface area (Å²) in [5.74, 6) is 0. The maximum absolute atomic E-state index is 10.7. The molecule has 1 rings (SSSR count). The molecule has 0 aliphatic heterocycles. The number of benzene rings is 1. The number of nitrogens with two attached hydrogens (primary N) is 1. The molecule has 7 nitrogen and oxygen atoms in total. The maximum atomic E-state index is 10.7. The fraction of sp³-hybridized carbons (Fsp3) is 0.222. The van der Waals surface area contributed by atoms with E-state index < -0.39 is 22.8 Å². The standard InChI is InChI=1S/C9H9N3O4/c10-4-8(13)9(14)6-2-1-5(11)3-7(6)12(15)16/h1-3,8-9,13-14H,11H2. The first-order valence-electron chi connectivity index (χ1n) is 4.27. The van der Waals surface area contributed by atoms with Gasteiger partial charge in [-0.05, 0) is 12.1 Å². The summed E-state index contributed by atoms with van der Waals surface area (Å²) >= 11 is 0. The SMILES string of the molecule is N#CC(O)C(O)c1ccc(N)cc1[N+](=O)[O-]. The second-order valence-electron chi connectivity index (χ2n) is 3.09. The van der Waals surface area contributed by atoms with Crippen molar-refractivity contribution in [1.29, 1.82) is 5.26 Å². The maximum Gasteiger partial charge on any atom is 0.277 e. The lowest BCUT2D eigenvalue weighted by Gasteiger charge is -2.12.